The number of benzene rings is 2. The first-order valence-corrected chi connectivity index (χ1v) is 6.74. The van der Waals surface area contributed by atoms with Gasteiger partial charge in [0.25, 0.3) is 11.8 Å². The highest BCUT2D eigenvalue weighted by Gasteiger charge is 2.15. The van der Waals surface area contributed by atoms with Crippen LogP contribution in [-0.2, 0) is 0 Å². The summed E-state index contributed by atoms with van der Waals surface area (Å²) in [5.41, 5.74) is 1.12. The summed E-state index contributed by atoms with van der Waals surface area (Å²) in [6.45, 7) is 0. The number of nitrogens with one attached hydrogen (secondary N) is 1. The van der Waals surface area contributed by atoms with Crippen molar-refractivity contribution in [2.24, 2.45) is 5.10 Å². The molecular weight excluding hydrogens is 320 g/mol. The molecule has 124 valence electrons. The summed E-state index contributed by atoms with van der Waals surface area (Å²) < 4.78 is 27.3. The van der Waals surface area contributed by atoms with E-state index in [9.17, 15) is 18.4 Å². The summed E-state index contributed by atoms with van der Waals surface area (Å²) in [5.74, 6) is -3.19. The van der Waals surface area contributed by atoms with Crippen LogP contribution in [0.5, 0.6) is 0 Å². The Bertz CT molecular complexity index is 809. The van der Waals surface area contributed by atoms with Gasteiger partial charge in [0.2, 0.25) is 0 Å². The van der Waals surface area contributed by atoms with Crippen LogP contribution in [0.1, 0.15) is 26.3 Å². The van der Waals surface area contributed by atoms with Gasteiger partial charge in [-0.2, -0.15) is 5.10 Å². The van der Waals surface area contributed by atoms with E-state index in [1.54, 1.807) is 0 Å². The molecule has 0 bridgehead atoms. The van der Waals surface area contributed by atoms with Crippen LogP contribution in [0.2, 0.25) is 0 Å². The van der Waals surface area contributed by atoms with E-state index in [1.165, 1.54) is 43.0 Å². The number of hydrazone groups is 1. The molecule has 2 aromatic carbocycles. The van der Waals surface area contributed by atoms with Crippen LogP contribution in [0.4, 0.5) is 8.78 Å². The molecule has 0 heterocycles. The summed E-state index contributed by atoms with van der Waals surface area (Å²) in [6.07, 6.45) is 1.18. The fourth-order valence-electron chi connectivity index (χ4n) is 1.87. The van der Waals surface area contributed by atoms with Crippen molar-refractivity contribution in [3.8, 4) is 0 Å². The molecule has 2 aromatic rings. The molecule has 0 saturated heterocycles. The Balaban J connectivity index is 2.16. The van der Waals surface area contributed by atoms with Crippen LogP contribution in [0.15, 0.2) is 47.6 Å². The number of halogens is 2. The minimum Gasteiger partial charge on any atom is -0.288 e. The standard InChI is InChI=1S/C16H13F2N3O3/c1-21(16(23)12-4-2-3-5-13(12)17)19-9-10-6-7-11(14(18)8-10)15(22)20-24/h2-9,24H,1H3,(H,20,22)/b19-9+. The third-order valence-electron chi connectivity index (χ3n) is 3.12. The molecule has 0 unspecified atom stereocenters. The second-order valence-electron chi connectivity index (χ2n) is 4.73. The van der Waals surface area contributed by atoms with Crippen molar-refractivity contribution in [1.82, 2.24) is 10.5 Å². The molecule has 0 saturated carbocycles. The fraction of sp³-hybridized carbons (Fsp3) is 0.0625. The van der Waals surface area contributed by atoms with Gasteiger partial charge in [0.05, 0.1) is 17.3 Å². The van der Waals surface area contributed by atoms with E-state index < -0.39 is 23.4 Å². The van der Waals surface area contributed by atoms with Gasteiger partial charge >= 0.3 is 0 Å². The lowest BCUT2D eigenvalue weighted by atomic mass is 10.1. The molecule has 0 aliphatic carbocycles. The minimum absolute atomic E-state index is 0.140. The average molecular weight is 333 g/mol. The summed E-state index contributed by atoms with van der Waals surface area (Å²) in [4.78, 5) is 23.2. The molecule has 2 amide bonds. The maximum Gasteiger partial charge on any atom is 0.277 e. The molecule has 24 heavy (non-hydrogen) atoms. The van der Waals surface area contributed by atoms with Gasteiger partial charge in [0.1, 0.15) is 11.6 Å². The van der Waals surface area contributed by atoms with Crippen molar-refractivity contribution in [2.75, 3.05) is 7.05 Å². The maximum atomic E-state index is 13.7. The Morgan fingerprint density at radius 2 is 1.83 bits per heavy atom. The highest BCUT2D eigenvalue weighted by atomic mass is 19.1. The zero-order chi connectivity index (χ0) is 17.7. The minimum atomic E-state index is -0.983. The molecule has 0 aromatic heterocycles. The van der Waals surface area contributed by atoms with Crippen LogP contribution < -0.4 is 5.48 Å². The van der Waals surface area contributed by atoms with Crippen molar-refractivity contribution >= 4 is 18.0 Å². The van der Waals surface area contributed by atoms with E-state index >= 15 is 0 Å². The number of nitrogens with zero attached hydrogens (tertiary/aromatic N) is 2. The van der Waals surface area contributed by atoms with Crippen LogP contribution in [0.3, 0.4) is 0 Å². The van der Waals surface area contributed by atoms with Gasteiger partial charge in [-0.3, -0.25) is 14.8 Å². The van der Waals surface area contributed by atoms with Crippen molar-refractivity contribution in [2.45, 2.75) is 0 Å². The average Bonchev–Trinajstić information content (AvgIpc) is 2.59. The molecule has 6 nitrogen and oxygen atoms in total. The van der Waals surface area contributed by atoms with Crippen LogP contribution >= 0.6 is 0 Å². The van der Waals surface area contributed by atoms with Crippen LogP contribution in [0, 0.1) is 11.6 Å². The number of hydrogen-bond donors (Lipinski definition) is 2. The summed E-state index contributed by atoms with van der Waals surface area (Å²) in [6, 6.07) is 9.00. The molecule has 8 heteroatoms. The Hall–Kier alpha value is -3.13. The predicted molar refractivity (Wildman–Crippen MR) is 81.7 cm³/mol. The fourth-order valence-corrected chi connectivity index (χ4v) is 1.87. The van der Waals surface area contributed by atoms with Crippen molar-refractivity contribution < 1.29 is 23.6 Å². The van der Waals surface area contributed by atoms with Gasteiger partial charge in [-0.15, -0.1) is 0 Å². The maximum absolute atomic E-state index is 13.7. The van der Waals surface area contributed by atoms with E-state index in [1.807, 2.05) is 0 Å². The smallest absolute Gasteiger partial charge is 0.277 e. The quantitative estimate of drug-likeness (QED) is 0.511. The Morgan fingerprint density at radius 1 is 1.12 bits per heavy atom. The van der Waals surface area contributed by atoms with E-state index in [0.29, 0.717) is 0 Å². The number of carbonyl (C=O) groups excluding carboxylic acids is 2. The van der Waals surface area contributed by atoms with Crippen LogP contribution in [-0.4, -0.2) is 35.3 Å². The molecular formula is C16H13F2N3O3. The SMILES string of the molecule is CN(/N=C/c1ccc(C(=O)NO)c(F)c1)C(=O)c1ccccc1F. The van der Waals surface area contributed by atoms with E-state index in [4.69, 9.17) is 5.21 Å². The highest BCUT2D eigenvalue weighted by molar-refractivity contribution is 5.96. The molecule has 0 radical (unpaired) electrons. The van der Waals surface area contributed by atoms with E-state index in [0.717, 1.165) is 23.2 Å². The molecule has 0 aliphatic heterocycles. The lowest BCUT2D eigenvalue weighted by molar-refractivity contribution is 0.0701. The second kappa shape index (κ2) is 7.42. The zero-order valence-electron chi connectivity index (χ0n) is 12.5. The van der Waals surface area contributed by atoms with E-state index in [-0.39, 0.29) is 16.7 Å². The normalized spacial score (nSPS) is 10.7. The van der Waals surface area contributed by atoms with Crippen molar-refractivity contribution in [3.05, 3.63) is 70.8 Å². The Kier molecular flexibility index (Phi) is 5.33. The predicted octanol–water partition coefficient (Wildman–Crippen LogP) is 2.19. The molecule has 0 fully saturated rings. The number of rotatable bonds is 4. The summed E-state index contributed by atoms with van der Waals surface area (Å²) in [7, 11) is 1.33. The topological polar surface area (TPSA) is 82.0 Å². The molecule has 0 aliphatic rings. The number of carbonyl (C=O) groups is 2. The van der Waals surface area contributed by atoms with Gasteiger partial charge < -0.3 is 0 Å². The van der Waals surface area contributed by atoms with Crippen molar-refractivity contribution in [1.29, 1.82) is 0 Å². The molecule has 2 N–H and O–H groups in total. The number of hydrogen-bond acceptors (Lipinski definition) is 4. The molecule has 2 rings (SSSR count). The third-order valence-corrected chi connectivity index (χ3v) is 3.12. The van der Waals surface area contributed by atoms with Crippen LogP contribution in [0.25, 0.3) is 0 Å². The summed E-state index contributed by atoms with van der Waals surface area (Å²) in [5, 5.41) is 13.2. The molecule has 0 spiro atoms. The Labute approximate surface area is 136 Å². The van der Waals surface area contributed by atoms with Gasteiger partial charge in [-0.25, -0.2) is 19.3 Å². The summed E-state index contributed by atoms with van der Waals surface area (Å²) >= 11 is 0. The van der Waals surface area contributed by atoms with Gasteiger partial charge in [-0.1, -0.05) is 18.2 Å². The lowest BCUT2D eigenvalue weighted by Crippen LogP contribution is -2.22. The first-order valence-electron chi connectivity index (χ1n) is 6.74. The van der Waals surface area contributed by atoms with Gasteiger partial charge in [-0.05, 0) is 29.8 Å². The van der Waals surface area contributed by atoms with E-state index in [2.05, 4.69) is 5.10 Å². The molecule has 0 atom stereocenters. The first-order chi connectivity index (χ1) is 11.4. The first kappa shape index (κ1) is 17.2. The number of hydroxylamine groups is 1. The van der Waals surface area contributed by atoms with Gasteiger partial charge in [0, 0.05) is 7.05 Å². The Morgan fingerprint density at radius 3 is 2.46 bits per heavy atom. The highest BCUT2D eigenvalue weighted by Crippen LogP contribution is 2.11. The monoisotopic (exact) mass is 333 g/mol. The van der Waals surface area contributed by atoms with Gasteiger partial charge in [0.15, 0.2) is 0 Å². The zero-order valence-corrected chi connectivity index (χ0v) is 12.5. The second-order valence-corrected chi connectivity index (χ2v) is 4.73. The number of amides is 2. The lowest BCUT2D eigenvalue weighted by Gasteiger charge is -2.11. The van der Waals surface area contributed by atoms with Crippen molar-refractivity contribution in [3.63, 3.8) is 0 Å². The largest absolute Gasteiger partial charge is 0.288 e. The third kappa shape index (κ3) is 3.79.